The van der Waals surface area contributed by atoms with Crippen LogP contribution in [0, 0.1) is 5.92 Å². The van der Waals surface area contributed by atoms with Crippen molar-refractivity contribution < 1.29 is 22.7 Å². The van der Waals surface area contributed by atoms with E-state index in [-0.39, 0.29) is 30.8 Å². The molecule has 1 aromatic rings. The van der Waals surface area contributed by atoms with Crippen LogP contribution in [0.5, 0.6) is 0 Å². The number of carbonyl (C=O) groups excluding carboxylic acids is 1. The molecule has 4 nitrogen and oxygen atoms in total. The Labute approximate surface area is 146 Å². The molecule has 1 aromatic carbocycles. The largest absolute Gasteiger partial charge is 0.411 e. The van der Waals surface area contributed by atoms with Crippen molar-refractivity contribution in [2.24, 2.45) is 11.7 Å². The van der Waals surface area contributed by atoms with E-state index in [1.807, 2.05) is 13.8 Å². The van der Waals surface area contributed by atoms with E-state index in [0.717, 1.165) is 12.0 Å². The zero-order valence-corrected chi connectivity index (χ0v) is 14.5. The summed E-state index contributed by atoms with van der Waals surface area (Å²) in [6, 6.07) is 6.27. The Balaban J connectivity index is 0.00000529. The molecule has 0 aliphatic carbocycles. The number of halogens is 4. The van der Waals surface area contributed by atoms with Crippen molar-refractivity contribution in [3.8, 4) is 0 Å². The van der Waals surface area contributed by atoms with E-state index in [2.05, 4.69) is 10.1 Å². The monoisotopic (exact) mass is 368 g/mol. The van der Waals surface area contributed by atoms with Gasteiger partial charge in [-0.05, 0) is 17.0 Å². The number of amides is 1. The van der Waals surface area contributed by atoms with E-state index in [1.54, 1.807) is 24.3 Å². The molecule has 0 aromatic heterocycles. The van der Waals surface area contributed by atoms with Crippen LogP contribution in [0.2, 0.25) is 0 Å². The Morgan fingerprint density at radius 3 is 2.29 bits per heavy atom. The SMILES string of the molecule is CCC(C)C(N)C(=O)NCc1ccc(COCC(F)(F)F)cc1.Cl. The summed E-state index contributed by atoms with van der Waals surface area (Å²) in [5, 5.41) is 2.75. The number of hydrogen-bond acceptors (Lipinski definition) is 3. The lowest BCUT2D eigenvalue weighted by Gasteiger charge is -2.17. The Morgan fingerprint density at radius 1 is 1.25 bits per heavy atom. The number of hydrogen-bond donors (Lipinski definition) is 2. The van der Waals surface area contributed by atoms with Gasteiger partial charge in [0.15, 0.2) is 0 Å². The standard InChI is InChI=1S/C16H23F3N2O2.ClH/c1-3-11(2)14(20)15(22)21-8-12-4-6-13(7-5-12)9-23-10-16(17,18)19;/h4-7,11,14H,3,8-10,20H2,1-2H3,(H,21,22);1H. The highest BCUT2D eigenvalue weighted by Gasteiger charge is 2.27. The van der Waals surface area contributed by atoms with Gasteiger partial charge < -0.3 is 15.8 Å². The molecule has 2 atom stereocenters. The van der Waals surface area contributed by atoms with Crippen LogP contribution in [0.4, 0.5) is 13.2 Å². The van der Waals surface area contributed by atoms with Crippen molar-refractivity contribution in [3.05, 3.63) is 35.4 Å². The molecule has 0 aliphatic rings. The van der Waals surface area contributed by atoms with Gasteiger partial charge in [0.05, 0.1) is 12.6 Å². The topological polar surface area (TPSA) is 64.4 Å². The molecule has 0 spiro atoms. The van der Waals surface area contributed by atoms with E-state index >= 15 is 0 Å². The third-order valence-electron chi connectivity index (χ3n) is 3.58. The molecule has 0 heterocycles. The van der Waals surface area contributed by atoms with Crippen LogP contribution in [0.3, 0.4) is 0 Å². The molecule has 0 aliphatic heterocycles. The van der Waals surface area contributed by atoms with Gasteiger partial charge in [-0.2, -0.15) is 13.2 Å². The Kier molecular flexibility index (Phi) is 9.96. The summed E-state index contributed by atoms with van der Waals surface area (Å²) in [5.74, 6) is -0.111. The third kappa shape index (κ3) is 8.52. The molecule has 0 saturated heterocycles. The maximum absolute atomic E-state index is 12.0. The molecule has 0 bridgehead atoms. The number of carbonyl (C=O) groups is 1. The number of rotatable bonds is 8. The maximum Gasteiger partial charge on any atom is 0.411 e. The summed E-state index contributed by atoms with van der Waals surface area (Å²) in [6.07, 6.45) is -3.50. The number of alkyl halides is 3. The molecule has 1 amide bonds. The number of nitrogens with two attached hydrogens (primary N) is 1. The molecule has 1 rings (SSSR count). The van der Waals surface area contributed by atoms with Crippen molar-refractivity contribution in [1.82, 2.24) is 5.32 Å². The normalized spacial score (nSPS) is 13.8. The van der Waals surface area contributed by atoms with Crippen molar-refractivity contribution in [2.75, 3.05) is 6.61 Å². The lowest BCUT2D eigenvalue weighted by Crippen LogP contribution is -2.44. The van der Waals surface area contributed by atoms with Gasteiger partial charge in [0, 0.05) is 6.54 Å². The first-order valence-electron chi connectivity index (χ1n) is 7.48. The Morgan fingerprint density at radius 2 is 1.79 bits per heavy atom. The molecule has 2 unspecified atom stereocenters. The summed E-state index contributed by atoms with van der Waals surface area (Å²) >= 11 is 0. The first kappa shape index (κ1) is 22.7. The summed E-state index contributed by atoms with van der Waals surface area (Å²) in [7, 11) is 0. The minimum atomic E-state index is -4.32. The molecule has 24 heavy (non-hydrogen) atoms. The highest BCUT2D eigenvalue weighted by Crippen LogP contribution is 2.16. The van der Waals surface area contributed by atoms with Gasteiger partial charge in [0.25, 0.3) is 0 Å². The average Bonchev–Trinajstić information content (AvgIpc) is 2.51. The predicted octanol–water partition coefficient (Wildman–Crippen LogP) is 3.18. The average molecular weight is 369 g/mol. The molecule has 0 fully saturated rings. The van der Waals surface area contributed by atoms with Gasteiger partial charge >= 0.3 is 6.18 Å². The second-order valence-corrected chi connectivity index (χ2v) is 5.55. The van der Waals surface area contributed by atoms with Gasteiger partial charge in [-0.15, -0.1) is 12.4 Å². The van der Waals surface area contributed by atoms with Crippen LogP contribution in [-0.4, -0.2) is 24.7 Å². The molecular weight excluding hydrogens is 345 g/mol. The fourth-order valence-electron chi connectivity index (χ4n) is 1.86. The predicted molar refractivity (Wildman–Crippen MR) is 88.7 cm³/mol. The second kappa shape index (κ2) is 10.5. The first-order chi connectivity index (χ1) is 10.7. The molecule has 0 saturated carbocycles. The quantitative estimate of drug-likeness (QED) is 0.740. The van der Waals surface area contributed by atoms with E-state index in [1.165, 1.54) is 0 Å². The molecule has 3 N–H and O–H groups in total. The fourth-order valence-corrected chi connectivity index (χ4v) is 1.86. The van der Waals surface area contributed by atoms with Crippen LogP contribution in [-0.2, 0) is 22.7 Å². The van der Waals surface area contributed by atoms with Gasteiger partial charge in [-0.25, -0.2) is 0 Å². The second-order valence-electron chi connectivity index (χ2n) is 5.55. The fraction of sp³-hybridized carbons (Fsp3) is 0.562. The van der Waals surface area contributed by atoms with Gasteiger partial charge in [-0.3, -0.25) is 4.79 Å². The van der Waals surface area contributed by atoms with Crippen LogP contribution in [0.1, 0.15) is 31.4 Å². The van der Waals surface area contributed by atoms with Crippen LogP contribution in [0.15, 0.2) is 24.3 Å². The lowest BCUT2D eigenvalue weighted by molar-refractivity contribution is -0.176. The van der Waals surface area contributed by atoms with Gasteiger partial charge in [0.1, 0.15) is 6.61 Å². The Bertz CT molecular complexity index is 495. The number of benzene rings is 1. The Hall–Kier alpha value is -1.31. The van der Waals surface area contributed by atoms with Crippen LogP contribution >= 0.6 is 12.4 Å². The highest BCUT2D eigenvalue weighted by atomic mass is 35.5. The van der Waals surface area contributed by atoms with E-state index in [4.69, 9.17) is 5.73 Å². The number of ether oxygens (including phenoxy) is 1. The van der Waals surface area contributed by atoms with Crippen molar-refractivity contribution in [1.29, 1.82) is 0 Å². The van der Waals surface area contributed by atoms with E-state index < -0.39 is 18.8 Å². The smallest absolute Gasteiger partial charge is 0.367 e. The summed E-state index contributed by atoms with van der Waals surface area (Å²) < 4.78 is 40.5. The van der Waals surface area contributed by atoms with Crippen LogP contribution < -0.4 is 11.1 Å². The maximum atomic E-state index is 12.0. The lowest BCUT2D eigenvalue weighted by atomic mass is 9.99. The third-order valence-corrected chi connectivity index (χ3v) is 3.58. The van der Waals surface area contributed by atoms with E-state index in [0.29, 0.717) is 12.1 Å². The molecule has 8 heteroatoms. The summed E-state index contributed by atoms with van der Waals surface area (Å²) in [6.45, 7) is 2.84. The summed E-state index contributed by atoms with van der Waals surface area (Å²) in [5.41, 5.74) is 7.31. The highest BCUT2D eigenvalue weighted by molar-refractivity contribution is 5.85. The minimum Gasteiger partial charge on any atom is -0.367 e. The van der Waals surface area contributed by atoms with Gasteiger partial charge in [-0.1, -0.05) is 44.5 Å². The number of nitrogens with one attached hydrogen (secondary N) is 1. The zero-order chi connectivity index (χ0) is 17.5. The molecule has 138 valence electrons. The molecule has 0 radical (unpaired) electrons. The van der Waals surface area contributed by atoms with Crippen molar-refractivity contribution in [3.63, 3.8) is 0 Å². The summed E-state index contributed by atoms with van der Waals surface area (Å²) in [4.78, 5) is 11.9. The minimum absolute atomic E-state index is 0. The van der Waals surface area contributed by atoms with Crippen molar-refractivity contribution in [2.45, 2.75) is 45.6 Å². The molecular formula is C16H24ClF3N2O2. The van der Waals surface area contributed by atoms with Gasteiger partial charge in [0.2, 0.25) is 5.91 Å². The van der Waals surface area contributed by atoms with E-state index in [9.17, 15) is 18.0 Å². The van der Waals surface area contributed by atoms with Crippen LogP contribution in [0.25, 0.3) is 0 Å². The zero-order valence-electron chi connectivity index (χ0n) is 13.7. The van der Waals surface area contributed by atoms with Crippen molar-refractivity contribution >= 4 is 18.3 Å². The first-order valence-corrected chi connectivity index (χ1v) is 7.48.